The molecule has 0 heterocycles. The number of nitrogens with one attached hydrogen (secondary N) is 2. The van der Waals surface area contributed by atoms with Crippen LogP contribution in [0.2, 0.25) is 0 Å². The molecular formula is C16H24N2O3. The molecule has 0 aliphatic carbocycles. The van der Waals surface area contributed by atoms with Crippen LogP contribution < -0.4 is 10.6 Å². The van der Waals surface area contributed by atoms with E-state index in [1.165, 1.54) is 0 Å². The zero-order valence-electron chi connectivity index (χ0n) is 13.0. The summed E-state index contributed by atoms with van der Waals surface area (Å²) in [6, 6.07) is 7.12. The fourth-order valence-corrected chi connectivity index (χ4v) is 1.67. The van der Waals surface area contributed by atoms with Crippen LogP contribution in [0.4, 0.5) is 4.79 Å². The highest BCUT2D eigenvalue weighted by Gasteiger charge is 2.23. The molecule has 0 bridgehead atoms. The Balaban J connectivity index is 2.61. The average Bonchev–Trinajstić information content (AvgIpc) is 2.41. The van der Waals surface area contributed by atoms with Gasteiger partial charge < -0.3 is 15.7 Å². The molecule has 1 aromatic carbocycles. The Morgan fingerprint density at radius 1 is 1.19 bits per heavy atom. The van der Waals surface area contributed by atoms with Gasteiger partial charge in [-0.05, 0) is 16.9 Å². The summed E-state index contributed by atoms with van der Waals surface area (Å²) in [4.78, 5) is 23.2. The second kappa shape index (κ2) is 7.11. The molecule has 0 aliphatic rings. The van der Waals surface area contributed by atoms with Crippen molar-refractivity contribution in [1.29, 1.82) is 0 Å². The van der Waals surface area contributed by atoms with Gasteiger partial charge in [0.05, 0.1) is 0 Å². The Kier molecular flexibility index (Phi) is 5.76. The normalized spacial score (nSPS) is 14.1. The number of carboxylic acid groups (broad SMARTS) is 1. The highest BCUT2D eigenvalue weighted by atomic mass is 16.4. The van der Waals surface area contributed by atoms with Crippen molar-refractivity contribution in [3.63, 3.8) is 0 Å². The van der Waals surface area contributed by atoms with Crippen LogP contribution in [0, 0.1) is 11.3 Å². The van der Waals surface area contributed by atoms with Crippen LogP contribution in [-0.4, -0.2) is 23.7 Å². The van der Waals surface area contributed by atoms with Crippen molar-refractivity contribution in [2.75, 3.05) is 6.54 Å². The molecule has 2 atom stereocenters. The van der Waals surface area contributed by atoms with Crippen LogP contribution in [0.5, 0.6) is 0 Å². The van der Waals surface area contributed by atoms with Crippen molar-refractivity contribution in [3.8, 4) is 0 Å². The quantitative estimate of drug-likeness (QED) is 0.781. The molecule has 5 nitrogen and oxygen atoms in total. The smallest absolute Gasteiger partial charge is 0.330 e. The largest absolute Gasteiger partial charge is 0.479 e. The molecule has 3 N–H and O–H groups in total. The standard InChI is InChI=1S/C16H24N2O3/c1-11(16(2,3)4)10-17-15(21)18-13(14(19)20)12-8-6-5-7-9-12/h5-9,11,13H,10H2,1-4H3,(H,19,20)(H2,17,18,21)/t11?,13-/m0/s1. The number of hydrogen-bond acceptors (Lipinski definition) is 2. The van der Waals surface area contributed by atoms with Gasteiger partial charge in [0, 0.05) is 6.54 Å². The van der Waals surface area contributed by atoms with Crippen molar-refractivity contribution >= 4 is 12.0 Å². The van der Waals surface area contributed by atoms with E-state index in [2.05, 4.69) is 31.4 Å². The first-order valence-electron chi connectivity index (χ1n) is 7.04. The van der Waals surface area contributed by atoms with Crippen molar-refractivity contribution in [2.24, 2.45) is 11.3 Å². The first-order chi connectivity index (χ1) is 9.71. The lowest BCUT2D eigenvalue weighted by atomic mass is 9.82. The van der Waals surface area contributed by atoms with Gasteiger partial charge in [0.2, 0.25) is 0 Å². The predicted molar refractivity (Wildman–Crippen MR) is 82.0 cm³/mol. The number of rotatable bonds is 5. The van der Waals surface area contributed by atoms with E-state index in [0.717, 1.165) is 0 Å². The summed E-state index contributed by atoms with van der Waals surface area (Å²) in [7, 11) is 0. The molecule has 0 fully saturated rings. The predicted octanol–water partition coefficient (Wildman–Crippen LogP) is 2.79. The molecule has 0 aromatic heterocycles. The SMILES string of the molecule is CC(CNC(=O)N[C@H](C(=O)O)c1ccccc1)C(C)(C)C. The van der Waals surface area contributed by atoms with Crippen LogP contribution in [0.25, 0.3) is 0 Å². The maximum Gasteiger partial charge on any atom is 0.330 e. The molecule has 0 saturated carbocycles. The molecule has 1 aromatic rings. The lowest BCUT2D eigenvalue weighted by Crippen LogP contribution is -2.43. The maximum absolute atomic E-state index is 11.9. The minimum atomic E-state index is -1.08. The Labute approximate surface area is 125 Å². The van der Waals surface area contributed by atoms with Crippen LogP contribution in [0.1, 0.15) is 39.3 Å². The van der Waals surface area contributed by atoms with Crippen molar-refractivity contribution in [3.05, 3.63) is 35.9 Å². The van der Waals surface area contributed by atoms with Crippen molar-refractivity contribution in [1.82, 2.24) is 10.6 Å². The topological polar surface area (TPSA) is 78.4 Å². The third-order valence-electron chi connectivity index (χ3n) is 3.70. The molecule has 2 amide bonds. The Bertz CT molecular complexity index is 480. The van der Waals surface area contributed by atoms with Gasteiger partial charge >= 0.3 is 12.0 Å². The van der Waals surface area contributed by atoms with E-state index in [1.54, 1.807) is 30.3 Å². The van der Waals surface area contributed by atoms with E-state index in [4.69, 9.17) is 0 Å². The Hall–Kier alpha value is -2.04. The molecule has 5 heteroatoms. The van der Waals surface area contributed by atoms with Gasteiger partial charge in [-0.1, -0.05) is 58.0 Å². The zero-order valence-corrected chi connectivity index (χ0v) is 13.0. The van der Waals surface area contributed by atoms with Gasteiger partial charge in [-0.2, -0.15) is 0 Å². The summed E-state index contributed by atoms with van der Waals surface area (Å²) in [6.45, 7) is 8.84. The molecule has 0 radical (unpaired) electrons. The Morgan fingerprint density at radius 3 is 2.24 bits per heavy atom. The molecule has 116 valence electrons. The molecular weight excluding hydrogens is 268 g/mol. The van der Waals surface area contributed by atoms with Gasteiger partial charge in [-0.25, -0.2) is 9.59 Å². The molecule has 1 rings (SSSR count). The van der Waals surface area contributed by atoms with E-state index in [9.17, 15) is 14.7 Å². The lowest BCUT2D eigenvalue weighted by molar-refractivity contribution is -0.139. The number of carbonyl (C=O) groups is 2. The molecule has 0 spiro atoms. The van der Waals surface area contributed by atoms with E-state index in [-0.39, 0.29) is 11.3 Å². The minimum Gasteiger partial charge on any atom is -0.479 e. The molecule has 21 heavy (non-hydrogen) atoms. The van der Waals surface area contributed by atoms with Gasteiger partial charge in [0.15, 0.2) is 6.04 Å². The van der Waals surface area contributed by atoms with Gasteiger partial charge in [0.25, 0.3) is 0 Å². The second-order valence-electron chi connectivity index (χ2n) is 6.30. The number of amides is 2. The number of aliphatic carboxylic acids is 1. The third kappa shape index (κ3) is 5.45. The minimum absolute atomic E-state index is 0.0823. The summed E-state index contributed by atoms with van der Waals surface area (Å²) < 4.78 is 0. The van der Waals surface area contributed by atoms with Crippen LogP contribution >= 0.6 is 0 Å². The number of hydrogen-bond donors (Lipinski definition) is 3. The number of benzene rings is 1. The highest BCUT2D eigenvalue weighted by Crippen LogP contribution is 2.24. The summed E-state index contributed by atoms with van der Waals surface area (Å²) in [5.74, 6) is -0.802. The van der Waals surface area contributed by atoms with Gasteiger partial charge in [-0.15, -0.1) is 0 Å². The monoisotopic (exact) mass is 292 g/mol. The van der Waals surface area contributed by atoms with Crippen molar-refractivity contribution < 1.29 is 14.7 Å². The molecule has 0 saturated heterocycles. The number of urea groups is 1. The van der Waals surface area contributed by atoms with Crippen molar-refractivity contribution in [2.45, 2.75) is 33.7 Å². The fourth-order valence-electron chi connectivity index (χ4n) is 1.67. The highest BCUT2D eigenvalue weighted by molar-refractivity contribution is 5.83. The summed E-state index contributed by atoms with van der Waals surface area (Å²) in [5.41, 5.74) is 0.628. The molecule has 1 unspecified atom stereocenters. The molecule has 0 aliphatic heterocycles. The summed E-state index contributed by atoms with van der Waals surface area (Å²) in [6.07, 6.45) is 0. The van der Waals surface area contributed by atoms with E-state index in [1.807, 2.05) is 6.92 Å². The second-order valence-corrected chi connectivity index (χ2v) is 6.30. The fraction of sp³-hybridized carbons (Fsp3) is 0.500. The lowest BCUT2D eigenvalue weighted by Gasteiger charge is -2.27. The van der Waals surface area contributed by atoms with E-state index in [0.29, 0.717) is 12.1 Å². The number of carboxylic acids is 1. The number of carbonyl (C=O) groups excluding carboxylic acids is 1. The summed E-state index contributed by atoms with van der Waals surface area (Å²) in [5, 5.41) is 14.5. The maximum atomic E-state index is 11.9. The van der Waals surface area contributed by atoms with E-state index < -0.39 is 18.0 Å². The average molecular weight is 292 g/mol. The van der Waals surface area contributed by atoms with Gasteiger partial charge in [0.1, 0.15) is 0 Å². The van der Waals surface area contributed by atoms with E-state index >= 15 is 0 Å². The van der Waals surface area contributed by atoms with Crippen LogP contribution in [0.3, 0.4) is 0 Å². The van der Waals surface area contributed by atoms with Crippen LogP contribution in [0.15, 0.2) is 30.3 Å². The van der Waals surface area contributed by atoms with Gasteiger partial charge in [-0.3, -0.25) is 0 Å². The first-order valence-corrected chi connectivity index (χ1v) is 7.04. The third-order valence-corrected chi connectivity index (χ3v) is 3.70. The summed E-state index contributed by atoms with van der Waals surface area (Å²) >= 11 is 0. The Morgan fingerprint density at radius 2 is 1.76 bits per heavy atom. The zero-order chi connectivity index (χ0) is 16.0. The first kappa shape index (κ1) is 17.0. The van der Waals surface area contributed by atoms with Crippen LogP contribution in [-0.2, 0) is 4.79 Å².